The molecule has 2 heterocycles. The molecule has 6 N–H and O–H groups in total. The fourth-order valence-corrected chi connectivity index (χ4v) is 5.15. The largest absolute Gasteiger partial charge is 0.354 e. The van der Waals surface area contributed by atoms with E-state index in [2.05, 4.69) is 22.5 Å². The van der Waals surface area contributed by atoms with Gasteiger partial charge in [0.2, 0.25) is 5.91 Å². The summed E-state index contributed by atoms with van der Waals surface area (Å²) in [5.41, 5.74) is 12.4. The van der Waals surface area contributed by atoms with Crippen LogP contribution in [-0.4, -0.2) is 81.1 Å². The zero-order chi connectivity index (χ0) is 27.4. The maximum absolute atomic E-state index is 12.7. The van der Waals surface area contributed by atoms with Crippen LogP contribution in [0, 0.1) is 0 Å². The number of nitrogens with one attached hydrogen (secondary N) is 2. The smallest absolute Gasteiger partial charge is 0.338 e. The lowest BCUT2D eigenvalue weighted by atomic mass is 10.1. The van der Waals surface area contributed by atoms with Crippen molar-refractivity contribution in [1.82, 2.24) is 24.7 Å². The Kier molecular flexibility index (Phi) is 8.49. The van der Waals surface area contributed by atoms with Crippen molar-refractivity contribution in [1.29, 1.82) is 0 Å². The molecule has 0 spiro atoms. The third kappa shape index (κ3) is 6.97. The normalized spacial score (nSPS) is 20.9. The standard InChI is InChI=1S/C27H40N8O3/c1-18(30-21-7-6-20(28)17-21)16-19-4-8-22(9-5-19)35-11-10-23(32-26(35)38)31-25(37)34-14-12-33(13-15-34)24(36)27(2,3)29/h4-5,8-11,18,20-21,30H,6-7,12-17,28-29H2,1-3H3,(H,31,32,37,38)/t18?,20?,21-/m0/s1. The maximum atomic E-state index is 12.7. The van der Waals surface area contributed by atoms with E-state index in [0.29, 0.717) is 50.0 Å². The number of aromatic nitrogens is 2. The molecule has 1 saturated carbocycles. The Bertz CT molecular complexity index is 1180. The Morgan fingerprint density at radius 3 is 2.32 bits per heavy atom. The van der Waals surface area contributed by atoms with E-state index >= 15 is 0 Å². The molecule has 2 unspecified atom stereocenters. The Morgan fingerprint density at radius 2 is 1.74 bits per heavy atom. The van der Waals surface area contributed by atoms with Crippen molar-refractivity contribution in [3.05, 3.63) is 52.6 Å². The minimum atomic E-state index is -0.946. The first-order valence-corrected chi connectivity index (χ1v) is 13.3. The second kappa shape index (κ2) is 11.6. The van der Waals surface area contributed by atoms with Crippen molar-refractivity contribution in [3.8, 4) is 5.69 Å². The molecule has 2 fully saturated rings. The first kappa shape index (κ1) is 27.7. The predicted octanol–water partition coefficient (Wildman–Crippen LogP) is 1.05. The van der Waals surface area contributed by atoms with Crippen LogP contribution >= 0.6 is 0 Å². The Hall–Kier alpha value is -3.28. The molecular weight excluding hydrogens is 484 g/mol. The Balaban J connectivity index is 1.30. The third-order valence-corrected chi connectivity index (χ3v) is 7.19. The van der Waals surface area contributed by atoms with Gasteiger partial charge < -0.3 is 26.6 Å². The SMILES string of the molecule is CC(Cc1ccc(-n2ccc(NC(=O)N3CCN(C(=O)C(C)(C)N)CC3)nc2=O)cc1)N[C@H]1CCC(N)C1. The molecule has 2 aliphatic rings. The van der Waals surface area contributed by atoms with Crippen LogP contribution in [0.4, 0.5) is 10.6 Å². The van der Waals surface area contributed by atoms with Crippen LogP contribution < -0.4 is 27.8 Å². The molecule has 206 valence electrons. The number of hydrogen-bond donors (Lipinski definition) is 4. The van der Waals surface area contributed by atoms with Gasteiger partial charge >= 0.3 is 11.7 Å². The van der Waals surface area contributed by atoms with Gasteiger partial charge in [-0.05, 0) is 70.2 Å². The van der Waals surface area contributed by atoms with Crippen molar-refractivity contribution >= 4 is 17.8 Å². The van der Waals surface area contributed by atoms with E-state index in [0.717, 1.165) is 25.7 Å². The molecule has 1 saturated heterocycles. The summed E-state index contributed by atoms with van der Waals surface area (Å²) in [5.74, 6) is 0.0392. The number of rotatable bonds is 7. The fraction of sp³-hybridized carbons (Fsp3) is 0.556. The lowest BCUT2D eigenvalue weighted by Crippen LogP contribution is -2.58. The molecular formula is C27H40N8O3. The Labute approximate surface area is 223 Å². The zero-order valence-electron chi connectivity index (χ0n) is 22.5. The van der Waals surface area contributed by atoms with Crippen LogP contribution in [0.1, 0.15) is 45.6 Å². The molecule has 0 bridgehead atoms. The third-order valence-electron chi connectivity index (χ3n) is 7.19. The van der Waals surface area contributed by atoms with Gasteiger partial charge in [0.1, 0.15) is 5.82 Å². The predicted molar refractivity (Wildman–Crippen MR) is 147 cm³/mol. The number of hydrogen-bond acceptors (Lipinski definition) is 7. The molecule has 1 aromatic carbocycles. The van der Waals surface area contributed by atoms with Gasteiger partial charge in [-0.3, -0.25) is 14.7 Å². The molecule has 2 aromatic rings. The quantitative estimate of drug-likeness (QED) is 0.422. The highest BCUT2D eigenvalue weighted by molar-refractivity contribution is 5.89. The first-order chi connectivity index (χ1) is 18.0. The summed E-state index contributed by atoms with van der Waals surface area (Å²) >= 11 is 0. The van der Waals surface area contributed by atoms with E-state index in [-0.39, 0.29) is 17.8 Å². The summed E-state index contributed by atoms with van der Waals surface area (Å²) in [6.07, 6.45) is 5.73. The molecule has 1 aliphatic carbocycles. The monoisotopic (exact) mass is 524 g/mol. The van der Waals surface area contributed by atoms with E-state index in [9.17, 15) is 14.4 Å². The number of carbonyl (C=O) groups excluding carboxylic acids is 2. The summed E-state index contributed by atoms with van der Waals surface area (Å²) in [4.78, 5) is 45.0. The number of amides is 3. The van der Waals surface area contributed by atoms with Crippen LogP contribution in [0.5, 0.6) is 0 Å². The molecule has 1 aromatic heterocycles. The first-order valence-electron chi connectivity index (χ1n) is 13.3. The van der Waals surface area contributed by atoms with Crippen LogP contribution in [0.15, 0.2) is 41.3 Å². The van der Waals surface area contributed by atoms with Gasteiger partial charge in [-0.25, -0.2) is 9.59 Å². The summed E-state index contributed by atoms with van der Waals surface area (Å²) in [6, 6.07) is 10.2. The lowest BCUT2D eigenvalue weighted by Gasteiger charge is -2.37. The number of piperazine rings is 1. The van der Waals surface area contributed by atoms with Gasteiger partial charge in [0.15, 0.2) is 0 Å². The summed E-state index contributed by atoms with van der Waals surface area (Å²) in [6.45, 7) is 7.08. The van der Waals surface area contributed by atoms with E-state index in [4.69, 9.17) is 11.5 Å². The van der Waals surface area contributed by atoms with E-state index < -0.39 is 11.2 Å². The summed E-state index contributed by atoms with van der Waals surface area (Å²) in [7, 11) is 0. The number of urea groups is 1. The van der Waals surface area contributed by atoms with E-state index in [1.165, 1.54) is 10.1 Å². The lowest BCUT2D eigenvalue weighted by molar-refractivity contribution is -0.137. The van der Waals surface area contributed by atoms with Crippen LogP contribution in [0.3, 0.4) is 0 Å². The fourth-order valence-electron chi connectivity index (χ4n) is 5.15. The number of anilines is 1. The molecule has 11 nitrogen and oxygen atoms in total. The average molecular weight is 525 g/mol. The van der Waals surface area contributed by atoms with Crippen LogP contribution in [0.25, 0.3) is 5.69 Å². The van der Waals surface area contributed by atoms with Crippen molar-refractivity contribution in [2.45, 2.75) is 70.1 Å². The van der Waals surface area contributed by atoms with Crippen LogP contribution in [0.2, 0.25) is 0 Å². The van der Waals surface area contributed by atoms with E-state index in [1.807, 2.05) is 24.3 Å². The van der Waals surface area contributed by atoms with Gasteiger partial charge in [-0.1, -0.05) is 12.1 Å². The second-order valence-corrected chi connectivity index (χ2v) is 11.1. The van der Waals surface area contributed by atoms with Crippen molar-refractivity contribution < 1.29 is 9.59 Å². The van der Waals surface area contributed by atoms with Gasteiger partial charge in [-0.15, -0.1) is 0 Å². The van der Waals surface area contributed by atoms with Gasteiger partial charge in [0.25, 0.3) is 0 Å². The highest BCUT2D eigenvalue weighted by Crippen LogP contribution is 2.19. The number of nitrogens with two attached hydrogens (primary N) is 2. The minimum Gasteiger partial charge on any atom is -0.338 e. The molecule has 3 amide bonds. The Morgan fingerprint density at radius 1 is 1.08 bits per heavy atom. The average Bonchev–Trinajstić information content (AvgIpc) is 3.28. The van der Waals surface area contributed by atoms with Gasteiger partial charge in [0.05, 0.1) is 11.2 Å². The highest BCUT2D eigenvalue weighted by Gasteiger charge is 2.31. The van der Waals surface area contributed by atoms with Crippen molar-refractivity contribution in [3.63, 3.8) is 0 Å². The number of benzene rings is 1. The molecule has 0 radical (unpaired) electrons. The highest BCUT2D eigenvalue weighted by atomic mass is 16.2. The molecule has 11 heteroatoms. The number of nitrogens with zero attached hydrogens (tertiary/aromatic N) is 4. The maximum Gasteiger partial charge on any atom is 0.354 e. The van der Waals surface area contributed by atoms with E-state index in [1.54, 1.807) is 35.9 Å². The van der Waals surface area contributed by atoms with Gasteiger partial charge in [0, 0.05) is 50.5 Å². The molecule has 4 rings (SSSR count). The minimum absolute atomic E-state index is 0.142. The van der Waals surface area contributed by atoms with Crippen molar-refractivity contribution in [2.75, 3.05) is 31.5 Å². The topological polar surface area (TPSA) is 152 Å². The summed E-state index contributed by atoms with van der Waals surface area (Å²) < 4.78 is 1.44. The van der Waals surface area contributed by atoms with Gasteiger partial charge in [-0.2, -0.15) is 4.98 Å². The summed E-state index contributed by atoms with van der Waals surface area (Å²) in [5, 5.41) is 6.35. The molecule has 3 atom stereocenters. The molecule has 1 aliphatic heterocycles. The van der Waals surface area contributed by atoms with Crippen molar-refractivity contribution in [2.24, 2.45) is 11.5 Å². The zero-order valence-corrected chi connectivity index (χ0v) is 22.5. The molecule has 38 heavy (non-hydrogen) atoms. The number of carbonyl (C=O) groups is 2. The second-order valence-electron chi connectivity index (χ2n) is 11.1. The van der Waals surface area contributed by atoms with Crippen LogP contribution in [-0.2, 0) is 11.2 Å².